The third-order valence-electron chi connectivity index (χ3n) is 2.76. The van der Waals surface area contributed by atoms with Gasteiger partial charge in [0.1, 0.15) is 0 Å². The lowest BCUT2D eigenvalue weighted by Crippen LogP contribution is -2.13. The summed E-state index contributed by atoms with van der Waals surface area (Å²) in [5.41, 5.74) is 8.00. The van der Waals surface area contributed by atoms with Crippen molar-refractivity contribution in [3.05, 3.63) is 68.7 Å². The van der Waals surface area contributed by atoms with E-state index in [-0.39, 0.29) is 6.04 Å². The molecule has 94 valence electrons. The molecule has 2 aromatic carbocycles. The lowest BCUT2D eigenvalue weighted by atomic mass is 10.00. The first-order chi connectivity index (χ1) is 8.58. The van der Waals surface area contributed by atoms with Crippen LogP contribution in [-0.2, 0) is 6.42 Å². The Labute approximate surface area is 121 Å². The van der Waals surface area contributed by atoms with Crippen molar-refractivity contribution in [1.29, 1.82) is 0 Å². The average molecular weight is 301 g/mol. The first-order valence-corrected chi connectivity index (χ1v) is 6.65. The Morgan fingerprint density at radius 3 is 2.17 bits per heavy atom. The molecule has 0 fully saturated rings. The summed E-state index contributed by atoms with van der Waals surface area (Å²) in [6, 6.07) is 12.8. The zero-order valence-electron chi connectivity index (χ0n) is 9.54. The van der Waals surface area contributed by atoms with Crippen LogP contribution < -0.4 is 5.73 Å². The highest BCUT2D eigenvalue weighted by molar-refractivity contribution is 6.36. The minimum Gasteiger partial charge on any atom is -0.324 e. The molecule has 1 nitrogen and oxygen atoms in total. The second kappa shape index (κ2) is 5.94. The van der Waals surface area contributed by atoms with E-state index in [1.807, 2.05) is 42.5 Å². The minimum atomic E-state index is -0.180. The number of benzene rings is 2. The Hall–Kier alpha value is -0.730. The van der Waals surface area contributed by atoms with Gasteiger partial charge in [0.25, 0.3) is 0 Å². The van der Waals surface area contributed by atoms with Gasteiger partial charge in [-0.2, -0.15) is 0 Å². The van der Waals surface area contributed by atoms with E-state index in [0.29, 0.717) is 21.5 Å². The van der Waals surface area contributed by atoms with E-state index in [1.54, 1.807) is 0 Å². The van der Waals surface area contributed by atoms with Gasteiger partial charge < -0.3 is 5.73 Å². The molecule has 0 bridgehead atoms. The predicted octanol–water partition coefficient (Wildman–Crippen LogP) is 4.89. The van der Waals surface area contributed by atoms with Crippen LogP contribution in [0.5, 0.6) is 0 Å². The summed E-state index contributed by atoms with van der Waals surface area (Å²) in [7, 11) is 0. The minimum absolute atomic E-state index is 0.180. The van der Waals surface area contributed by atoms with Gasteiger partial charge in [-0.3, -0.25) is 0 Å². The smallest absolute Gasteiger partial charge is 0.0453 e. The molecule has 18 heavy (non-hydrogen) atoms. The number of nitrogens with two attached hydrogens (primary N) is 1. The van der Waals surface area contributed by atoms with Crippen molar-refractivity contribution < 1.29 is 0 Å². The van der Waals surface area contributed by atoms with Crippen molar-refractivity contribution in [2.45, 2.75) is 12.5 Å². The molecule has 0 saturated carbocycles. The molecule has 0 saturated heterocycles. The largest absolute Gasteiger partial charge is 0.324 e. The van der Waals surface area contributed by atoms with Crippen molar-refractivity contribution in [3.63, 3.8) is 0 Å². The fraction of sp³-hybridized carbons (Fsp3) is 0.143. The molecule has 0 radical (unpaired) electrons. The number of hydrogen-bond donors (Lipinski definition) is 1. The van der Waals surface area contributed by atoms with Gasteiger partial charge in [0.05, 0.1) is 0 Å². The van der Waals surface area contributed by atoms with Gasteiger partial charge in [-0.25, -0.2) is 0 Å². The van der Waals surface area contributed by atoms with Gasteiger partial charge in [0.2, 0.25) is 0 Å². The lowest BCUT2D eigenvalue weighted by Gasteiger charge is -2.14. The van der Waals surface area contributed by atoms with E-state index in [0.717, 1.165) is 11.1 Å². The molecule has 2 rings (SSSR count). The van der Waals surface area contributed by atoms with E-state index in [4.69, 9.17) is 40.5 Å². The van der Waals surface area contributed by atoms with Crippen LogP contribution in [0.1, 0.15) is 17.2 Å². The van der Waals surface area contributed by atoms with E-state index in [9.17, 15) is 0 Å². The van der Waals surface area contributed by atoms with Crippen molar-refractivity contribution in [3.8, 4) is 0 Å². The maximum absolute atomic E-state index is 6.16. The zero-order chi connectivity index (χ0) is 13.1. The zero-order valence-corrected chi connectivity index (χ0v) is 11.8. The van der Waals surface area contributed by atoms with Crippen LogP contribution in [0.3, 0.4) is 0 Å². The maximum atomic E-state index is 6.16. The Balaban J connectivity index is 2.24. The summed E-state index contributed by atoms with van der Waals surface area (Å²) >= 11 is 18.2. The van der Waals surface area contributed by atoms with Crippen molar-refractivity contribution in [1.82, 2.24) is 0 Å². The van der Waals surface area contributed by atoms with E-state index in [1.165, 1.54) is 0 Å². The molecule has 4 heteroatoms. The van der Waals surface area contributed by atoms with Crippen molar-refractivity contribution in [2.75, 3.05) is 0 Å². The van der Waals surface area contributed by atoms with Crippen molar-refractivity contribution in [2.24, 2.45) is 5.73 Å². The summed E-state index contributed by atoms with van der Waals surface area (Å²) < 4.78 is 0. The molecule has 0 amide bonds. The molecule has 0 aliphatic carbocycles. The predicted molar refractivity (Wildman–Crippen MR) is 78.5 cm³/mol. The molecule has 0 aliphatic heterocycles. The maximum Gasteiger partial charge on any atom is 0.0453 e. The molecule has 0 heterocycles. The van der Waals surface area contributed by atoms with E-state index < -0.39 is 0 Å². The molecule has 0 spiro atoms. The third kappa shape index (κ3) is 3.18. The van der Waals surface area contributed by atoms with Crippen LogP contribution in [-0.4, -0.2) is 0 Å². The Bertz CT molecular complexity index is 534. The molecule has 1 unspecified atom stereocenters. The number of hydrogen-bond acceptors (Lipinski definition) is 1. The van der Waals surface area contributed by atoms with Crippen LogP contribution >= 0.6 is 34.8 Å². The van der Waals surface area contributed by atoms with Crippen LogP contribution in [0.4, 0.5) is 0 Å². The van der Waals surface area contributed by atoms with Crippen LogP contribution in [0.25, 0.3) is 0 Å². The Morgan fingerprint density at radius 2 is 1.56 bits per heavy atom. The quantitative estimate of drug-likeness (QED) is 0.858. The number of halogens is 3. The molecule has 0 aliphatic rings. The molecule has 1 atom stereocenters. The van der Waals surface area contributed by atoms with Gasteiger partial charge in [-0.1, -0.05) is 53.0 Å². The van der Waals surface area contributed by atoms with Crippen molar-refractivity contribution >= 4 is 34.8 Å². The van der Waals surface area contributed by atoms with Crippen LogP contribution in [0, 0.1) is 0 Å². The van der Waals surface area contributed by atoms with Crippen LogP contribution in [0.15, 0.2) is 42.5 Å². The van der Waals surface area contributed by atoms with Gasteiger partial charge >= 0.3 is 0 Å². The normalized spacial score (nSPS) is 12.4. The summed E-state index contributed by atoms with van der Waals surface area (Å²) in [6.07, 6.45) is 0.582. The second-order valence-corrected chi connectivity index (χ2v) is 5.32. The highest BCUT2D eigenvalue weighted by Gasteiger charge is 2.12. The van der Waals surface area contributed by atoms with Gasteiger partial charge in [0, 0.05) is 21.1 Å². The Morgan fingerprint density at radius 1 is 0.944 bits per heavy atom. The average Bonchev–Trinajstić information content (AvgIpc) is 2.34. The SMILES string of the molecule is NC(Cc1c(Cl)cccc1Cl)c1cccc(Cl)c1. The molecule has 0 aromatic heterocycles. The fourth-order valence-electron chi connectivity index (χ4n) is 1.80. The monoisotopic (exact) mass is 299 g/mol. The van der Waals surface area contributed by atoms with Gasteiger partial charge in [0.15, 0.2) is 0 Å². The summed E-state index contributed by atoms with van der Waals surface area (Å²) in [5.74, 6) is 0. The van der Waals surface area contributed by atoms with E-state index in [2.05, 4.69) is 0 Å². The molecule has 2 N–H and O–H groups in total. The first kappa shape index (κ1) is 13.7. The highest BCUT2D eigenvalue weighted by Crippen LogP contribution is 2.29. The Kier molecular flexibility index (Phi) is 4.52. The summed E-state index contributed by atoms with van der Waals surface area (Å²) in [4.78, 5) is 0. The van der Waals surface area contributed by atoms with Gasteiger partial charge in [-0.05, 0) is 41.8 Å². The standard InChI is InChI=1S/C14H12Cl3N/c15-10-4-1-3-9(7-10)14(18)8-11-12(16)5-2-6-13(11)17/h1-7,14H,8,18H2. The number of rotatable bonds is 3. The first-order valence-electron chi connectivity index (χ1n) is 5.52. The topological polar surface area (TPSA) is 26.0 Å². The highest BCUT2D eigenvalue weighted by atomic mass is 35.5. The van der Waals surface area contributed by atoms with E-state index >= 15 is 0 Å². The van der Waals surface area contributed by atoms with Crippen LogP contribution in [0.2, 0.25) is 15.1 Å². The lowest BCUT2D eigenvalue weighted by molar-refractivity contribution is 0.722. The second-order valence-electron chi connectivity index (χ2n) is 4.07. The van der Waals surface area contributed by atoms with Gasteiger partial charge in [-0.15, -0.1) is 0 Å². The molecular formula is C14H12Cl3N. The fourth-order valence-corrected chi connectivity index (χ4v) is 2.55. The molecule has 2 aromatic rings. The third-order valence-corrected chi connectivity index (χ3v) is 3.71. The summed E-state index contributed by atoms with van der Waals surface area (Å²) in [5, 5.41) is 1.95. The summed E-state index contributed by atoms with van der Waals surface area (Å²) in [6.45, 7) is 0. The molecular weight excluding hydrogens is 289 g/mol.